The second kappa shape index (κ2) is 7.83. The molecule has 0 N–H and O–H groups in total. The van der Waals surface area contributed by atoms with Gasteiger partial charge in [-0.05, 0) is 12.8 Å². The molecule has 19 heavy (non-hydrogen) atoms. The Morgan fingerprint density at radius 3 is 1.95 bits per heavy atom. The van der Waals surface area contributed by atoms with E-state index in [9.17, 15) is 0 Å². The summed E-state index contributed by atoms with van der Waals surface area (Å²) in [6.07, 6.45) is 14.3. The van der Waals surface area contributed by atoms with E-state index in [0.29, 0.717) is 11.3 Å². The minimum Gasteiger partial charge on any atom is -0.370 e. The van der Waals surface area contributed by atoms with Crippen molar-refractivity contribution in [2.75, 3.05) is 0 Å². The Morgan fingerprint density at radius 1 is 0.842 bits per heavy atom. The molecule has 0 amide bonds. The number of hydrogen-bond acceptors (Lipinski definition) is 1. The number of epoxide rings is 1. The van der Waals surface area contributed by atoms with Crippen LogP contribution in [0.4, 0.5) is 0 Å². The van der Waals surface area contributed by atoms with Crippen molar-refractivity contribution in [3.63, 3.8) is 0 Å². The van der Waals surface area contributed by atoms with E-state index in [1.54, 1.807) is 0 Å². The van der Waals surface area contributed by atoms with Crippen molar-refractivity contribution in [3.05, 3.63) is 0 Å². The van der Waals surface area contributed by atoms with Crippen molar-refractivity contribution < 1.29 is 4.74 Å². The first kappa shape index (κ1) is 17.2. The van der Waals surface area contributed by atoms with Crippen LogP contribution in [0.3, 0.4) is 0 Å². The Labute approximate surface area is 122 Å². The van der Waals surface area contributed by atoms with E-state index in [4.69, 9.17) is 4.74 Å². The van der Waals surface area contributed by atoms with Gasteiger partial charge in [-0.2, -0.15) is 0 Å². The summed E-state index contributed by atoms with van der Waals surface area (Å²) in [5.74, 6) is 0. The van der Waals surface area contributed by atoms with Gasteiger partial charge in [0.25, 0.3) is 0 Å². The van der Waals surface area contributed by atoms with Gasteiger partial charge >= 0.3 is 0 Å². The lowest BCUT2D eigenvalue weighted by Gasteiger charge is -2.26. The maximum atomic E-state index is 6.29. The number of rotatable bonds is 11. The fourth-order valence-corrected chi connectivity index (χ4v) is 5.87. The molecule has 1 rings (SSSR count). The molecule has 1 heterocycles. The van der Waals surface area contributed by atoms with E-state index in [1.807, 2.05) is 0 Å². The lowest BCUT2D eigenvalue weighted by atomic mass is 10.0. The highest BCUT2D eigenvalue weighted by molar-refractivity contribution is 6.79. The average molecular weight is 285 g/mol. The fourth-order valence-electron chi connectivity index (χ4n) is 3.34. The second-order valence-electron chi connectivity index (χ2n) is 7.41. The zero-order chi connectivity index (χ0) is 14.4. The highest BCUT2D eigenvalue weighted by Gasteiger charge is 2.62. The maximum Gasteiger partial charge on any atom is 0.0858 e. The lowest BCUT2D eigenvalue weighted by Crippen LogP contribution is -2.43. The molecule has 0 spiro atoms. The topological polar surface area (TPSA) is 12.5 Å². The van der Waals surface area contributed by atoms with Crippen LogP contribution in [0.15, 0.2) is 0 Å². The first-order valence-corrected chi connectivity index (χ1v) is 12.2. The monoisotopic (exact) mass is 284 g/mol. The molecule has 1 fully saturated rings. The van der Waals surface area contributed by atoms with Crippen molar-refractivity contribution in [1.29, 1.82) is 0 Å². The molecule has 2 heteroatoms. The Bertz CT molecular complexity index is 246. The fraction of sp³-hybridized carbons (Fsp3) is 1.00. The third-order valence-corrected chi connectivity index (χ3v) is 8.04. The van der Waals surface area contributed by atoms with Crippen molar-refractivity contribution in [2.45, 2.75) is 109 Å². The van der Waals surface area contributed by atoms with Crippen LogP contribution in [0.5, 0.6) is 0 Å². The zero-order valence-electron chi connectivity index (χ0n) is 14.1. The van der Waals surface area contributed by atoms with Crippen LogP contribution >= 0.6 is 0 Å². The Morgan fingerprint density at radius 2 is 1.42 bits per heavy atom. The van der Waals surface area contributed by atoms with E-state index in [2.05, 4.69) is 33.5 Å². The summed E-state index contributed by atoms with van der Waals surface area (Å²) in [7, 11) is -1.19. The molecule has 0 aromatic rings. The number of hydrogen-bond donors (Lipinski definition) is 0. The minimum absolute atomic E-state index is 0.340. The van der Waals surface area contributed by atoms with Crippen LogP contribution in [0.25, 0.3) is 0 Å². The Hall–Kier alpha value is 0.177. The van der Waals surface area contributed by atoms with Gasteiger partial charge in [0.05, 0.1) is 19.4 Å². The minimum atomic E-state index is -1.19. The van der Waals surface area contributed by atoms with Crippen molar-refractivity contribution in [3.8, 4) is 0 Å². The molecule has 0 aliphatic carbocycles. The standard InChI is InChI=1S/C17H36OSi/c1-6-8-10-12-14-16-17(18-16,19(3,4)5)15-13-11-9-7-2/h16H,6-15H2,1-5H3/t16-,17+/m1/s1. The molecule has 114 valence electrons. The van der Waals surface area contributed by atoms with Gasteiger partial charge in [0, 0.05) is 0 Å². The van der Waals surface area contributed by atoms with E-state index in [0.717, 1.165) is 0 Å². The molecule has 1 aliphatic rings. The van der Waals surface area contributed by atoms with Crippen LogP contribution in [0.2, 0.25) is 19.6 Å². The van der Waals surface area contributed by atoms with Gasteiger partial charge in [-0.25, -0.2) is 0 Å². The predicted octanol–water partition coefficient (Wildman–Crippen LogP) is 5.94. The van der Waals surface area contributed by atoms with Crippen LogP contribution in [0, 0.1) is 0 Å². The zero-order valence-corrected chi connectivity index (χ0v) is 15.1. The van der Waals surface area contributed by atoms with Gasteiger partial charge < -0.3 is 4.74 Å². The second-order valence-corrected chi connectivity index (χ2v) is 12.8. The largest absolute Gasteiger partial charge is 0.370 e. The SMILES string of the molecule is CCCCCC[C@H]1O[C@@]1(CCCCCC)[Si](C)(C)C. The van der Waals surface area contributed by atoms with Crippen molar-refractivity contribution in [2.24, 2.45) is 0 Å². The summed E-state index contributed by atoms with van der Waals surface area (Å²) in [5, 5.41) is 0.340. The van der Waals surface area contributed by atoms with E-state index in [1.165, 1.54) is 64.2 Å². The number of unbranched alkanes of at least 4 members (excludes halogenated alkanes) is 6. The molecular formula is C17H36OSi. The van der Waals surface area contributed by atoms with Gasteiger partial charge in [-0.3, -0.25) is 0 Å². The summed E-state index contributed by atoms with van der Waals surface area (Å²) in [5.41, 5.74) is 0. The first-order chi connectivity index (χ1) is 8.98. The van der Waals surface area contributed by atoms with E-state index < -0.39 is 8.07 Å². The predicted molar refractivity (Wildman–Crippen MR) is 88.5 cm³/mol. The Balaban J connectivity index is 2.34. The summed E-state index contributed by atoms with van der Waals surface area (Å²) >= 11 is 0. The van der Waals surface area contributed by atoms with Gasteiger partial charge in [-0.15, -0.1) is 0 Å². The summed E-state index contributed by atoms with van der Waals surface area (Å²) in [6.45, 7) is 12.1. The molecule has 0 bridgehead atoms. The molecule has 0 aromatic carbocycles. The summed E-state index contributed by atoms with van der Waals surface area (Å²) < 4.78 is 6.29. The molecule has 0 saturated carbocycles. The smallest absolute Gasteiger partial charge is 0.0858 e. The molecule has 1 aliphatic heterocycles. The third kappa shape index (κ3) is 4.89. The van der Waals surface area contributed by atoms with Gasteiger partial charge in [-0.1, -0.05) is 84.9 Å². The van der Waals surface area contributed by atoms with Crippen LogP contribution in [-0.4, -0.2) is 19.4 Å². The first-order valence-electron chi connectivity index (χ1n) is 8.65. The molecule has 2 atom stereocenters. The maximum absolute atomic E-state index is 6.29. The Kier molecular flexibility index (Phi) is 7.10. The molecule has 0 unspecified atom stereocenters. The van der Waals surface area contributed by atoms with Crippen LogP contribution in [0.1, 0.15) is 78.1 Å². The number of ether oxygens (including phenoxy) is 1. The molecule has 1 nitrogen and oxygen atoms in total. The molecular weight excluding hydrogens is 248 g/mol. The molecule has 0 aromatic heterocycles. The average Bonchev–Trinajstić information content (AvgIpc) is 3.05. The van der Waals surface area contributed by atoms with Gasteiger partial charge in [0.2, 0.25) is 0 Å². The quantitative estimate of drug-likeness (QED) is 0.260. The summed E-state index contributed by atoms with van der Waals surface area (Å²) in [6, 6.07) is 0. The molecule has 1 saturated heterocycles. The van der Waals surface area contributed by atoms with Gasteiger partial charge in [0.15, 0.2) is 0 Å². The normalized spacial score (nSPS) is 26.7. The van der Waals surface area contributed by atoms with Gasteiger partial charge in [0.1, 0.15) is 0 Å². The lowest BCUT2D eigenvalue weighted by molar-refractivity contribution is 0.321. The molecule has 0 radical (unpaired) electrons. The van der Waals surface area contributed by atoms with Crippen LogP contribution in [-0.2, 0) is 4.74 Å². The van der Waals surface area contributed by atoms with E-state index >= 15 is 0 Å². The third-order valence-electron chi connectivity index (χ3n) is 4.81. The van der Waals surface area contributed by atoms with Crippen molar-refractivity contribution in [1.82, 2.24) is 0 Å². The van der Waals surface area contributed by atoms with Crippen molar-refractivity contribution >= 4 is 8.07 Å². The summed E-state index contributed by atoms with van der Waals surface area (Å²) in [4.78, 5) is 0. The highest BCUT2D eigenvalue weighted by Crippen LogP contribution is 2.50. The van der Waals surface area contributed by atoms with Crippen LogP contribution < -0.4 is 0 Å². The highest BCUT2D eigenvalue weighted by atomic mass is 28.3. The van der Waals surface area contributed by atoms with E-state index in [-0.39, 0.29) is 0 Å².